The van der Waals surface area contributed by atoms with Crippen molar-refractivity contribution in [1.29, 1.82) is 0 Å². The lowest BCUT2D eigenvalue weighted by Gasteiger charge is -2.31. The molecular weight excluding hydrogens is 230 g/mol. The second-order valence-corrected chi connectivity index (χ2v) is 6.00. The molecule has 0 amide bonds. The molecule has 1 aliphatic carbocycles. The highest BCUT2D eigenvalue weighted by Crippen LogP contribution is 2.24. The molecule has 1 aromatic heterocycles. The molecule has 96 valence electrons. The Morgan fingerprint density at radius 3 is 2.76 bits per heavy atom. The Morgan fingerprint density at radius 1 is 1.29 bits per heavy atom. The molecule has 0 bridgehead atoms. The number of aryl methyl sites for hydroxylation is 1. The van der Waals surface area contributed by atoms with Gasteiger partial charge in [-0.1, -0.05) is 19.8 Å². The van der Waals surface area contributed by atoms with Gasteiger partial charge in [0.1, 0.15) is 0 Å². The summed E-state index contributed by atoms with van der Waals surface area (Å²) >= 11 is 1.88. The van der Waals surface area contributed by atoms with Crippen LogP contribution in [0.5, 0.6) is 0 Å². The third kappa shape index (κ3) is 3.54. The van der Waals surface area contributed by atoms with Crippen molar-refractivity contribution in [2.45, 2.75) is 57.8 Å². The van der Waals surface area contributed by atoms with E-state index in [0.717, 1.165) is 13.0 Å². The summed E-state index contributed by atoms with van der Waals surface area (Å²) in [5.41, 5.74) is 0. The van der Waals surface area contributed by atoms with E-state index in [4.69, 9.17) is 4.74 Å². The van der Waals surface area contributed by atoms with Gasteiger partial charge in [0.15, 0.2) is 0 Å². The fourth-order valence-corrected chi connectivity index (χ4v) is 3.39. The molecule has 0 aliphatic heterocycles. The molecule has 2 nitrogen and oxygen atoms in total. The van der Waals surface area contributed by atoms with Gasteiger partial charge in [0.2, 0.25) is 0 Å². The second kappa shape index (κ2) is 6.53. The molecular formula is C14H23NOS. The van der Waals surface area contributed by atoms with E-state index in [0.29, 0.717) is 12.1 Å². The van der Waals surface area contributed by atoms with Crippen molar-refractivity contribution in [2.75, 3.05) is 7.05 Å². The van der Waals surface area contributed by atoms with Crippen LogP contribution in [-0.4, -0.2) is 19.2 Å². The Kier molecular flexibility index (Phi) is 5.01. The summed E-state index contributed by atoms with van der Waals surface area (Å²) in [5, 5.41) is 3.39. The third-order valence-corrected chi connectivity index (χ3v) is 4.78. The molecule has 3 heteroatoms. The lowest BCUT2D eigenvalue weighted by molar-refractivity contribution is -0.00242. The lowest BCUT2D eigenvalue weighted by Crippen LogP contribution is -2.41. The largest absolute Gasteiger partial charge is 0.371 e. The first-order valence-corrected chi connectivity index (χ1v) is 7.51. The van der Waals surface area contributed by atoms with Gasteiger partial charge in [0.05, 0.1) is 12.7 Å². The van der Waals surface area contributed by atoms with Crippen LogP contribution in [0.25, 0.3) is 0 Å². The van der Waals surface area contributed by atoms with Crippen LogP contribution < -0.4 is 5.32 Å². The van der Waals surface area contributed by atoms with Gasteiger partial charge in [0, 0.05) is 15.8 Å². The van der Waals surface area contributed by atoms with Crippen molar-refractivity contribution >= 4 is 11.3 Å². The molecule has 1 aromatic rings. The van der Waals surface area contributed by atoms with Gasteiger partial charge in [-0.05, 0) is 38.4 Å². The van der Waals surface area contributed by atoms with Crippen molar-refractivity contribution in [2.24, 2.45) is 0 Å². The zero-order valence-electron chi connectivity index (χ0n) is 10.9. The molecule has 0 saturated heterocycles. The maximum absolute atomic E-state index is 6.08. The normalized spacial score (nSPS) is 25.1. The summed E-state index contributed by atoms with van der Waals surface area (Å²) in [5.74, 6) is 0. The van der Waals surface area contributed by atoms with Crippen LogP contribution >= 0.6 is 11.3 Å². The minimum Gasteiger partial charge on any atom is -0.371 e. The molecule has 1 fully saturated rings. The molecule has 2 rings (SSSR count). The number of ether oxygens (including phenoxy) is 1. The van der Waals surface area contributed by atoms with Crippen LogP contribution in [0.3, 0.4) is 0 Å². The van der Waals surface area contributed by atoms with Crippen molar-refractivity contribution in [3.63, 3.8) is 0 Å². The molecule has 17 heavy (non-hydrogen) atoms. The number of thiophene rings is 1. The predicted octanol–water partition coefficient (Wildman–Crippen LogP) is 3.36. The fraction of sp³-hybridized carbons (Fsp3) is 0.714. The number of rotatable bonds is 5. The Morgan fingerprint density at radius 2 is 2.06 bits per heavy atom. The Labute approximate surface area is 108 Å². The van der Waals surface area contributed by atoms with Gasteiger partial charge < -0.3 is 10.1 Å². The average Bonchev–Trinajstić information content (AvgIpc) is 2.84. The number of hydrogen-bond acceptors (Lipinski definition) is 3. The molecule has 1 aliphatic rings. The van der Waals surface area contributed by atoms with Crippen LogP contribution in [0, 0.1) is 0 Å². The molecule has 1 N–H and O–H groups in total. The smallest absolute Gasteiger partial charge is 0.0814 e. The summed E-state index contributed by atoms with van der Waals surface area (Å²) in [7, 11) is 2.05. The van der Waals surface area contributed by atoms with Crippen LogP contribution in [-0.2, 0) is 17.8 Å². The van der Waals surface area contributed by atoms with Gasteiger partial charge in [-0.3, -0.25) is 0 Å². The highest BCUT2D eigenvalue weighted by Gasteiger charge is 2.24. The molecule has 0 spiro atoms. The first-order valence-electron chi connectivity index (χ1n) is 6.70. The van der Waals surface area contributed by atoms with E-state index in [1.807, 2.05) is 18.4 Å². The minimum absolute atomic E-state index is 0.404. The summed E-state index contributed by atoms with van der Waals surface area (Å²) in [4.78, 5) is 2.82. The highest BCUT2D eigenvalue weighted by atomic mass is 32.1. The Balaban J connectivity index is 1.83. The van der Waals surface area contributed by atoms with Crippen molar-refractivity contribution in [1.82, 2.24) is 5.32 Å². The van der Waals surface area contributed by atoms with Crippen LogP contribution in [0.4, 0.5) is 0 Å². The van der Waals surface area contributed by atoms with Crippen molar-refractivity contribution in [3.05, 3.63) is 21.9 Å². The molecule has 1 saturated carbocycles. The zero-order chi connectivity index (χ0) is 12.1. The maximum atomic E-state index is 6.08. The van der Waals surface area contributed by atoms with E-state index in [1.54, 1.807) is 0 Å². The number of nitrogens with one attached hydrogen (secondary N) is 1. The lowest BCUT2D eigenvalue weighted by atomic mass is 9.92. The van der Waals surface area contributed by atoms with E-state index in [-0.39, 0.29) is 0 Å². The highest BCUT2D eigenvalue weighted by molar-refractivity contribution is 7.11. The first kappa shape index (κ1) is 13.1. The Hall–Kier alpha value is -0.380. The van der Waals surface area contributed by atoms with E-state index in [9.17, 15) is 0 Å². The average molecular weight is 253 g/mol. The Bertz CT molecular complexity index is 337. The van der Waals surface area contributed by atoms with Gasteiger partial charge in [0.25, 0.3) is 0 Å². The van der Waals surface area contributed by atoms with Crippen molar-refractivity contribution < 1.29 is 4.74 Å². The molecule has 0 radical (unpaired) electrons. The van der Waals surface area contributed by atoms with Crippen LogP contribution in [0.1, 0.15) is 42.4 Å². The topological polar surface area (TPSA) is 21.3 Å². The predicted molar refractivity (Wildman–Crippen MR) is 73.6 cm³/mol. The van der Waals surface area contributed by atoms with E-state index in [1.165, 1.54) is 35.4 Å². The van der Waals surface area contributed by atoms with Crippen molar-refractivity contribution in [3.8, 4) is 0 Å². The summed E-state index contributed by atoms with van der Waals surface area (Å²) in [6.07, 6.45) is 6.65. The minimum atomic E-state index is 0.404. The monoisotopic (exact) mass is 253 g/mol. The first-order chi connectivity index (χ1) is 8.33. The van der Waals surface area contributed by atoms with Crippen LogP contribution in [0.15, 0.2) is 12.1 Å². The van der Waals surface area contributed by atoms with Gasteiger partial charge >= 0.3 is 0 Å². The summed E-state index contributed by atoms with van der Waals surface area (Å²) in [6, 6.07) is 4.98. The third-order valence-electron chi connectivity index (χ3n) is 3.58. The fourth-order valence-electron chi connectivity index (χ4n) is 2.51. The molecule has 1 heterocycles. The van der Waals surface area contributed by atoms with E-state index >= 15 is 0 Å². The van der Waals surface area contributed by atoms with Gasteiger partial charge in [-0.25, -0.2) is 0 Å². The second-order valence-electron chi connectivity index (χ2n) is 4.75. The number of hydrogen-bond donors (Lipinski definition) is 1. The van der Waals surface area contributed by atoms with E-state index in [2.05, 4.69) is 24.4 Å². The maximum Gasteiger partial charge on any atom is 0.0814 e. The van der Waals surface area contributed by atoms with E-state index < -0.39 is 0 Å². The SMILES string of the molecule is CCc1ccc(COC2CCCCC2NC)s1. The van der Waals surface area contributed by atoms with Gasteiger partial charge in [-0.2, -0.15) is 0 Å². The summed E-state index contributed by atoms with van der Waals surface area (Å²) < 4.78 is 6.08. The molecule has 2 atom stereocenters. The number of likely N-dealkylation sites (N-methyl/N-ethyl adjacent to an activating group) is 1. The van der Waals surface area contributed by atoms with Crippen LogP contribution in [0.2, 0.25) is 0 Å². The standard InChI is InChI=1S/C14H23NOS/c1-3-11-8-9-12(17-11)10-16-14-7-5-4-6-13(14)15-2/h8-9,13-15H,3-7,10H2,1-2H3. The molecule has 0 aromatic carbocycles. The summed E-state index contributed by atoms with van der Waals surface area (Å²) in [6.45, 7) is 2.99. The quantitative estimate of drug-likeness (QED) is 0.869. The molecule has 2 unspecified atom stereocenters. The van der Waals surface area contributed by atoms with Gasteiger partial charge in [-0.15, -0.1) is 11.3 Å². The zero-order valence-corrected chi connectivity index (χ0v) is 11.7.